The zero-order valence-corrected chi connectivity index (χ0v) is 13.0. The molecule has 2 bridgehead atoms. The van der Waals surface area contributed by atoms with Crippen LogP contribution in [-0.2, 0) is 9.53 Å². The third-order valence-electron chi connectivity index (χ3n) is 4.85. The van der Waals surface area contributed by atoms with Gasteiger partial charge in [0.25, 0.3) is 0 Å². The van der Waals surface area contributed by atoms with Gasteiger partial charge in [-0.1, -0.05) is 34.1 Å². The molecule has 0 spiro atoms. The number of methoxy groups -OCH3 is 1. The molecule has 110 valence electrons. The predicted octanol–water partition coefficient (Wildman–Crippen LogP) is 2.05. The summed E-state index contributed by atoms with van der Waals surface area (Å²) in [6.45, 7) is 0. The number of hydrogen-bond acceptors (Lipinski definition) is 4. The van der Waals surface area contributed by atoms with Crippen LogP contribution in [0.5, 0.6) is 5.75 Å². The van der Waals surface area contributed by atoms with E-state index in [0.717, 1.165) is 10.0 Å². The van der Waals surface area contributed by atoms with Gasteiger partial charge in [-0.15, -0.1) is 0 Å². The summed E-state index contributed by atoms with van der Waals surface area (Å²) in [5, 5.41) is 10.7. The van der Waals surface area contributed by atoms with Crippen LogP contribution in [0.25, 0.3) is 0 Å². The molecule has 3 aliphatic rings. The summed E-state index contributed by atoms with van der Waals surface area (Å²) in [6.07, 6.45) is 2.87. The summed E-state index contributed by atoms with van der Waals surface area (Å²) in [6, 6.07) is 5.55. The van der Waals surface area contributed by atoms with Crippen molar-refractivity contribution in [3.05, 3.63) is 40.4 Å². The lowest BCUT2D eigenvalue weighted by Gasteiger charge is -2.22. The van der Waals surface area contributed by atoms with Gasteiger partial charge in [0, 0.05) is 16.0 Å². The fourth-order valence-corrected chi connectivity index (χ4v) is 4.31. The van der Waals surface area contributed by atoms with Crippen molar-refractivity contribution in [1.29, 1.82) is 0 Å². The molecule has 2 aliphatic heterocycles. The second kappa shape index (κ2) is 4.66. The molecule has 0 aromatic heterocycles. The number of ether oxygens (including phenoxy) is 2. The van der Waals surface area contributed by atoms with Crippen LogP contribution < -0.4 is 4.74 Å². The minimum Gasteiger partial charge on any atom is -0.496 e. The molecular formula is C16H15BrO4. The minimum absolute atomic E-state index is 0.0602. The Morgan fingerprint density at radius 3 is 2.76 bits per heavy atom. The SMILES string of the molecule is COc1cc(Br)ccc1C1C(=O)[C@@H]2[C@H](C1O)[C@H]1C=C[C@@H]2O1. The summed E-state index contributed by atoms with van der Waals surface area (Å²) in [5.74, 6) is -0.205. The Bertz CT molecular complexity index is 641. The highest BCUT2D eigenvalue weighted by atomic mass is 79.9. The highest BCUT2D eigenvalue weighted by Gasteiger charge is 2.61. The van der Waals surface area contributed by atoms with Crippen molar-refractivity contribution in [3.63, 3.8) is 0 Å². The van der Waals surface area contributed by atoms with Crippen LogP contribution in [0.15, 0.2) is 34.8 Å². The second-order valence-electron chi connectivity index (χ2n) is 5.81. The second-order valence-corrected chi connectivity index (χ2v) is 6.73. The largest absolute Gasteiger partial charge is 0.496 e. The molecule has 1 saturated carbocycles. The topological polar surface area (TPSA) is 55.8 Å². The highest BCUT2D eigenvalue weighted by molar-refractivity contribution is 9.10. The maximum atomic E-state index is 12.8. The van der Waals surface area contributed by atoms with Gasteiger partial charge in [0.15, 0.2) is 0 Å². The van der Waals surface area contributed by atoms with Crippen molar-refractivity contribution in [2.45, 2.75) is 24.2 Å². The molecule has 5 heteroatoms. The highest BCUT2D eigenvalue weighted by Crippen LogP contribution is 2.52. The number of aliphatic hydroxyl groups is 1. The molecular weight excluding hydrogens is 336 g/mol. The number of halogens is 1. The van der Waals surface area contributed by atoms with Gasteiger partial charge in [-0.25, -0.2) is 0 Å². The predicted molar refractivity (Wildman–Crippen MR) is 79.2 cm³/mol. The maximum absolute atomic E-state index is 12.8. The van der Waals surface area contributed by atoms with Gasteiger partial charge in [-0.3, -0.25) is 4.79 Å². The first kappa shape index (κ1) is 13.5. The Balaban J connectivity index is 1.76. The van der Waals surface area contributed by atoms with E-state index in [9.17, 15) is 9.90 Å². The van der Waals surface area contributed by atoms with Crippen molar-refractivity contribution in [2.24, 2.45) is 11.8 Å². The van der Waals surface area contributed by atoms with Gasteiger partial charge in [-0.05, 0) is 12.1 Å². The van der Waals surface area contributed by atoms with Crippen LogP contribution in [0, 0.1) is 11.8 Å². The van der Waals surface area contributed by atoms with Crippen LogP contribution in [0.3, 0.4) is 0 Å². The first-order valence-electron chi connectivity index (χ1n) is 7.01. The monoisotopic (exact) mass is 350 g/mol. The average molecular weight is 351 g/mol. The van der Waals surface area contributed by atoms with Crippen molar-refractivity contribution in [3.8, 4) is 5.75 Å². The molecule has 2 fully saturated rings. The van der Waals surface area contributed by atoms with Crippen LogP contribution in [-0.4, -0.2) is 36.3 Å². The van der Waals surface area contributed by atoms with Gasteiger partial charge in [0.1, 0.15) is 11.5 Å². The maximum Gasteiger partial charge on any atom is 0.149 e. The van der Waals surface area contributed by atoms with Crippen LogP contribution >= 0.6 is 15.9 Å². The number of carbonyl (C=O) groups excluding carboxylic acids is 1. The number of hydrogen-bond donors (Lipinski definition) is 1. The van der Waals surface area contributed by atoms with E-state index in [4.69, 9.17) is 9.47 Å². The molecule has 1 aliphatic carbocycles. The smallest absolute Gasteiger partial charge is 0.149 e. The molecule has 0 amide bonds. The fraction of sp³-hybridized carbons (Fsp3) is 0.438. The number of rotatable bonds is 2. The summed E-state index contributed by atoms with van der Waals surface area (Å²) in [5.41, 5.74) is 0.756. The molecule has 4 rings (SSSR count). The number of ketones is 1. The van der Waals surface area contributed by atoms with Gasteiger partial charge in [-0.2, -0.15) is 0 Å². The Morgan fingerprint density at radius 2 is 2.05 bits per heavy atom. The molecule has 1 aromatic carbocycles. The standard InChI is InChI=1S/C16H15BrO4/c1-20-11-6-7(17)2-3-8(11)12-15(18)13-9-4-5-10(21-9)14(13)16(12)19/h2-6,9-10,12-15,18H,1H3/t9-,10+,12?,13-,14+,15?/m1/s1. The molecule has 6 atom stereocenters. The molecule has 2 unspecified atom stereocenters. The lowest BCUT2D eigenvalue weighted by atomic mass is 9.85. The quantitative estimate of drug-likeness (QED) is 0.829. The Hall–Kier alpha value is -1.17. The minimum atomic E-state index is -0.725. The molecule has 2 heterocycles. The number of aliphatic hydroxyl groups excluding tert-OH is 1. The van der Waals surface area contributed by atoms with Crippen molar-refractivity contribution >= 4 is 21.7 Å². The Labute approximate surface area is 130 Å². The van der Waals surface area contributed by atoms with E-state index in [1.54, 1.807) is 7.11 Å². The lowest BCUT2D eigenvalue weighted by molar-refractivity contribution is -0.123. The summed E-state index contributed by atoms with van der Waals surface area (Å²) in [7, 11) is 1.58. The number of fused-ring (bicyclic) bond motifs is 5. The summed E-state index contributed by atoms with van der Waals surface area (Å²) < 4.78 is 12.0. The van der Waals surface area contributed by atoms with Crippen LogP contribution in [0.4, 0.5) is 0 Å². The molecule has 0 radical (unpaired) electrons. The van der Waals surface area contributed by atoms with Crippen molar-refractivity contribution in [1.82, 2.24) is 0 Å². The fourth-order valence-electron chi connectivity index (χ4n) is 3.97. The third kappa shape index (κ3) is 1.77. The van der Waals surface area contributed by atoms with Gasteiger partial charge >= 0.3 is 0 Å². The van der Waals surface area contributed by atoms with E-state index in [2.05, 4.69) is 15.9 Å². The third-order valence-corrected chi connectivity index (χ3v) is 5.35. The average Bonchev–Trinajstić information content (AvgIpc) is 3.14. The molecule has 1 saturated heterocycles. The van der Waals surface area contributed by atoms with Crippen molar-refractivity contribution < 1.29 is 19.4 Å². The normalized spacial score (nSPS) is 39.9. The van der Waals surface area contributed by atoms with E-state index in [0.29, 0.717) is 5.75 Å². The zero-order chi connectivity index (χ0) is 14.7. The van der Waals surface area contributed by atoms with Crippen LogP contribution in [0.2, 0.25) is 0 Å². The van der Waals surface area contributed by atoms with E-state index in [1.165, 1.54) is 0 Å². The van der Waals surface area contributed by atoms with E-state index in [-0.39, 0.29) is 29.8 Å². The van der Waals surface area contributed by atoms with Crippen LogP contribution in [0.1, 0.15) is 11.5 Å². The van der Waals surface area contributed by atoms with Crippen molar-refractivity contribution in [2.75, 3.05) is 7.11 Å². The molecule has 1 aromatic rings. The van der Waals surface area contributed by atoms with E-state index in [1.807, 2.05) is 30.4 Å². The first-order chi connectivity index (χ1) is 10.1. The summed E-state index contributed by atoms with van der Waals surface area (Å²) in [4.78, 5) is 12.8. The summed E-state index contributed by atoms with van der Waals surface area (Å²) >= 11 is 3.40. The van der Waals surface area contributed by atoms with Gasteiger partial charge in [0.2, 0.25) is 0 Å². The number of Topliss-reactive ketones (excluding diaryl/α,β-unsaturated/α-hetero) is 1. The number of carbonyl (C=O) groups is 1. The number of benzene rings is 1. The first-order valence-corrected chi connectivity index (χ1v) is 7.80. The Morgan fingerprint density at radius 1 is 1.29 bits per heavy atom. The Kier molecular flexibility index (Phi) is 3.00. The molecule has 4 nitrogen and oxygen atoms in total. The van der Waals surface area contributed by atoms with E-state index < -0.39 is 12.0 Å². The van der Waals surface area contributed by atoms with E-state index >= 15 is 0 Å². The van der Waals surface area contributed by atoms with Gasteiger partial charge < -0.3 is 14.6 Å². The zero-order valence-electron chi connectivity index (χ0n) is 11.4. The van der Waals surface area contributed by atoms with Gasteiger partial charge in [0.05, 0.1) is 37.3 Å². The molecule has 21 heavy (non-hydrogen) atoms. The molecule has 1 N–H and O–H groups in total. The lowest BCUT2D eigenvalue weighted by Crippen LogP contribution is -2.29.